The molecule has 0 saturated heterocycles. The van der Waals surface area contributed by atoms with Crippen molar-refractivity contribution in [2.45, 2.75) is 0 Å². The van der Waals surface area contributed by atoms with Crippen LogP contribution in [0.15, 0.2) is 41.6 Å². The van der Waals surface area contributed by atoms with Crippen molar-refractivity contribution >= 4 is 22.6 Å². The monoisotopic (exact) mass is 273 g/mol. The van der Waals surface area contributed by atoms with Crippen molar-refractivity contribution in [1.29, 1.82) is 0 Å². The summed E-state index contributed by atoms with van der Waals surface area (Å²) in [7, 11) is 0. The number of hydrogen-bond acceptors (Lipinski definition) is 4. The summed E-state index contributed by atoms with van der Waals surface area (Å²) in [4.78, 5) is 22.7. The quantitative estimate of drug-likeness (QED) is 0.713. The molecule has 6 heteroatoms. The summed E-state index contributed by atoms with van der Waals surface area (Å²) in [5.74, 6) is -0.177. The number of aromatic hydroxyl groups is 1. The summed E-state index contributed by atoms with van der Waals surface area (Å²) in [5.41, 5.74) is 0.947. The first-order chi connectivity index (χ1) is 9.16. The fourth-order valence-corrected chi connectivity index (χ4v) is 2.07. The Balaban J connectivity index is 2.39. The van der Waals surface area contributed by atoms with Gasteiger partial charge in [-0.25, -0.2) is 4.98 Å². The lowest BCUT2D eigenvalue weighted by molar-refractivity contribution is 0.481. The van der Waals surface area contributed by atoms with Gasteiger partial charge in [0.25, 0.3) is 5.56 Å². The number of aromatic amines is 1. The second kappa shape index (κ2) is 4.37. The van der Waals surface area contributed by atoms with Gasteiger partial charge in [0.15, 0.2) is 5.75 Å². The summed E-state index contributed by atoms with van der Waals surface area (Å²) in [5, 5.41) is 10.6. The zero-order valence-electron chi connectivity index (χ0n) is 9.59. The number of aromatic nitrogens is 3. The highest BCUT2D eigenvalue weighted by Gasteiger charge is 2.14. The largest absolute Gasteiger partial charge is 0.505 e. The highest BCUT2D eigenvalue weighted by molar-refractivity contribution is 6.31. The average Bonchev–Trinajstić information content (AvgIpc) is 2.39. The molecule has 0 aliphatic rings. The van der Waals surface area contributed by atoms with Crippen LogP contribution in [0, 0.1) is 0 Å². The molecule has 0 aliphatic heterocycles. The summed E-state index contributed by atoms with van der Waals surface area (Å²) < 4.78 is 0. The van der Waals surface area contributed by atoms with E-state index in [1.165, 1.54) is 18.5 Å². The number of fused-ring (bicyclic) bond motifs is 1. The van der Waals surface area contributed by atoms with Crippen LogP contribution >= 0.6 is 11.6 Å². The predicted octanol–water partition coefficient (Wildman–Crippen LogP) is 2.34. The Hall–Kier alpha value is -2.40. The van der Waals surface area contributed by atoms with E-state index in [0.717, 1.165) is 0 Å². The Bertz CT molecular complexity index is 815. The average molecular weight is 274 g/mol. The van der Waals surface area contributed by atoms with E-state index in [4.69, 9.17) is 11.6 Å². The summed E-state index contributed by atoms with van der Waals surface area (Å²) >= 11 is 5.80. The number of H-pyrrole nitrogens is 1. The topological polar surface area (TPSA) is 78.9 Å². The Kier molecular flexibility index (Phi) is 2.68. The molecule has 0 radical (unpaired) electrons. The molecule has 0 aromatic carbocycles. The number of halogens is 1. The highest BCUT2D eigenvalue weighted by Crippen LogP contribution is 2.30. The van der Waals surface area contributed by atoms with E-state index in [0.29, 0.717) is 21.6 Å². The Morgan fingerprint density at radius 2 is 2.16 bits per heavy atom. The Labute approximate surface area is 112 Å². The second-order valence-corrected chi connectivity index (χ2v) is 4.41. The van der Waals surface area contributed by atoms with Gasteiger partial charge in [-0.2, -0.15) is 0 Å². The van der Waals surface area contributed by atoms with Gasteiger partial charge in [-0.05, 0) is 12.1 Å². The van der Waals surface area contributed by atoms with Gasteiger partial charge < -0.3 is 10.1 Å². The molecule has 0 saturated carbocycles. The van der Waals surface area contributed by atoms with E-state index in [-0.39, 0.29) is 11.3 Å². The third kappa shape index (κ3) is 1.94. The van der Waals surface area contributed by atoms with Gasteiger partial charge in [0.05, 0.1) is 16.1 Å². The number of rotatable bonds is 1. The molecule has 0 unspecified atom stereocenters. The van der Waals surface area contributed by atoms with Crippen molar-refractivity contribution in [2.75, 3.05) is 0 Å². The lowest BCUT2D eigenvalue weighted by atomic mass is 10.1. The van der Waals surface area contributed by atoms with Crippen LogP contribution in [-0.2, 0) is 0 Å². The van der Waals surface area contributed by atoms with Crippen molar-refractivity contribution in [2.24, 2.45) is 0 Å². The third-order valence-electron chi connectivity index (χ3n) is 2.74. The minimum Gasteiger partial charge on any atom is -0.505 e. The third-order valence-corrected chi connectivity index (χ3v) is 2.95. The Morgan fingerprint density at radius 3 is 2.89 bits per heavy atom. The van der Waals surface area contributed by atoms with Gasteiger partial charge in [-0.1, -0.05) is 17.7 Å². The highest BCUT2D eigenvalue weighted by atomic mass is 35.5. The number of nitrogens with zero attached hydrogens (tertiary/aromatic N) is 2. The first-order valence-electron chi connectivity index (χ1n) is 5.47. The van der Waals surface area contributed by atoms with Gasteiger partial charge in [0.2, 0.25) is 0 Å². The van der Waals surface area contributed by atoms with Crippen LogP contribution in [0.1, 0.15) is 0 Å². The maximum atomic E-state index is 12.1. The van der Waals surface area contributed by atoms with Crippen LogP contribution in [0.5, 0.6) is 5.75 Å². The van der Waals surface area contributed by atoms with Crippen molar-refractivity contribution in [3.8, 4) is 16.9 Å². The molecule has 3 aromatic heterocycles. The molecule has 3 heterocycles. The first-order valence-corrected chi connectivity index (χ1v) is 5.85. The van der Waals surface area contributed by atoms with Crippen LogP contribution in [0.4, 0.5) is 0 Å². The Morgan fingerprint density at radius 1 is 1.32 bits per heavy atom. The lowest BCUT2D eigenvalue weighted by Crippen LogP contribution is -2.10. The number of hydrogen-bond donors (Lipinski definition) is 2. The van der Waals surface area contributed by atoms with Crippen molar-refractivity contribution in [3.05, 3.63) is 52.2 Å². The molecule has 0 spiro atoms. The molecule has 3 rings (SSSR count). The maximum absolute atomic E-state index is 12.1. The van der Waals surface area contributed by atoms with Gasteiger partial charge in [0, 0.05) is 24.2 Å². The van der Waals surface area contributed by atoms with Crippen LogP contribution in [0.25, 0.3) is 22.2 Å². The van der Waals surface area contributed by atoms with E-state index in [1.54, 1.807) is 18.3 Å². The molecule has 19 heavy (non-hydrogen) atoms. The maximum Gasteiger partial charge on any atom is 0.260 e. The molecule has 0 aliphatic carbocycles. The first kappa shape index (κ1) is 11.7. The van der Waals surface area contributed by atoms with Crippen LogP contribution in [0.3, 0.4) is 0 Å². The summed E-state index contributed by atoms with van der Waals surface area (Å²) in [6, 6.07) is 4.92. The molecule has 3 aromatic rings. The zero-order chi connectivity index (χ0) is 13.4. The van der Waals surface area contributed by atoms with E-state index in [1.807, 2.05) is 0 Å². The van der Waals surface area contributed by atoms with E-state index < -0.39 is 5.56 Å². The van der Waals surface area contributed by atoms with E-state index >= 15 is 0 Å². The zero-order valence-corrected chi connectivity index (χ0v) is 10.3. The molecule has 0 amide bonds. The summed E-state index contributed by atoms with van der Waals surface area (Å²) in [6.45, 7) is 0. The van der Waals surface area contributed by atoms with Crippen LogP contribution in [-0.4, -0.2) is 20.1 Å². The van der Waals surface area contributed by atoms with Crippen LogP contribution < -0.4 is 5.56 Å². The molecule has 0 fully saturated rings. The molecule has 2 N–H and O–H groups in total. The van der Waals surface area contributed by atoms with Crippen molar-refractivity contribution in [1.82, 2.24) is 15.0 Å². The smallest absolute Gasteiger partial charge is 0.260 e. The fraction of sp³-hybridized carbons (Fsp3) is 0. The molecular weight excluding hydrogens is 266 g/mol. The second-order valence-electron chi connectivity index (χ2n) is 3.97. The van der Waals surface area contributed by atoms with Gasteiger partial charge in [-0.3, -0.25) is 9.78 Å². The predicted molar refractivity (Wildman–Crippen MR) is 72.3 cm³/mol. The number of pyridine rings is 3. The molecular formula is C13H8ClN3O2. The van der Waals surface area contributed by atoms with E-state index in [9.17, 15) is 9.90 Å². The molecule has 0 atom stereocenters. The van der Waals surface area contributed by atoms with E-state index in [2.05, 4.69) is 15.0 Å². The summed E-state index contributed by atoms with van der Waals surface area (Å²) in [6.07, 6.45) is 4.51. The molecule has 0 bridgehead atoms. The van der Waals surface area contributed by atoms with Gasteiger partial charge in [-0.15, -0.1) is 0 Å². The number of nitrogens with one attached hydrogen (secondary N) is 1. The van der Waals surface area contributed by atoms with Gasteiger partial charge >= 0.3 is 0 Å². The van der Waals surface area contributed by atoms with Crippen molar-refractivity contribution < 1.29 is 5.11 Å². The van der Waals surface area contributed by atoms with Gasteiger partial charge in [0.1, 0.15) is 5.52 Å². The minimum absolute atomic E-state index is 0.149. The standard InChI is InChI=1S/C13H8ClN3O2/c14-8-4-9-11(16-6-8)12(18)10(13(19)17-9)7-2-1-3-15-5-7/h1-6H,(H2,17,18,19). The normalized spacial score (nSPS) is 10.8. The van der Waals surface area contributed by atoms with Crippen molar-refractivity contribution in [3.63, 3.8) is 0 Å². The minimum atomic E-state index is -0.415. The van der Waals surface area contributed by atoms with Crippen LogP contribution in [0.2, 0.25) is 5.02 Å². The SMILES string of the molecule is O=c1[nH]c2cc(Cl)cnc2c(O)c1-c1cccnc1. The molecule has 94 valence electrons. The fourth-order valence-electron chi connectivity index (χ4n) is 1.91. The molecule has 5 nitrogen and oxygen atoms in total. The lowest BCUT2D eigenvalue weighted by Gasteiger charge is -2.06.